The number of carbonyl (C=O) groups excluding carboxylic acids is 1. The lowest BCUT2D eigenvalue weighted by atomic mass is 9.77. The van der Waals surface area contributed by atoms with Crippen LogP contribution in [0, 0.1) is 23.7 Å². The number of benzene rings is 1. The number of fused-ring (bicyclic) bond motifs is 1. The first kappa shape index (κ1) is 27.9. The molecule has 1 saturated heterocycles. The van der Waals surface area contributed by atoms with Gasteiger partial charge in [0.1, 0.15) is 5.78 Å². The zero-order valence-corrected chi connectivity index (χ0v) is 23.9. The maximum Gasteiger partial charge on any atom is 0.180 e. The molecule has 38 heavy (non-hydrogen) atoms. The maximum absolute atomic E-state index is 12.7. The monoisotopic (exact) mass is 543 g/mol. The van der Waals surface area contributed by atoms with E-state index in [0.29, 0.717) is 16.7 Å². The number of nitrogens with zero attached hydrogens (tertiary/aromatic N) is 3. The van der Waals surface area contributed by atoms with Gasteiger partial charge in [-0.2, -0.15) is 0 Å². The van der Waals surface area contributed by atoms with Gasteiger partial charge in [0.2, 0.25) is 0 Å². The number of carbonyl (C=O) groups is 1. The van der Waals surface area contributed by atoms with Gasteiger partial charge in [0.25, 0.3) is 0 Å². The molecule has 1 aliphatic heterocycles. The second-order valence-electron chi connectivity index (χ2n) is 12.5. The maximum atomic E-state index is 12.7. The van der Waals surface area contributed by atoms with Crippen LogP contribution in [0.25, 0.3) is 11.0 Å². The average molecular weight is 544 g/mol. The Labute approximate surface area is 233 Å². The van der Waals surface area contributed by atoms with Gasteiger partial charge in [-0.15, -0.1) is 0 Å². The number of ketones is 1. The van der Waals surface area contributed by atoms with Gasteiger partial charge < -0.3 is 14.5 Å². The fourth-order valence-electron chi connectivity index (χ4n) is 6.96. The zero-order chi connectivity index (χ0) is 26.5. The van der Waals surface area contributed by atoms with Gasteiger partial charge in [0, 0.05) is 49.6 Å². The van der Waals surface area contributed by atoms with E-state index in [2.05, 4.69) is 21.9 Å². The van der Waals surface area contributed by atoms with Crippen LogP contribution in [0.4, 0.5) is 5.82 Å². The number of aromatic nitrogens is 1. The Balaban J connectivity index is 0.954. The van der Waals surface area contributed by atoms with Gasteiger partial charge in [-0.3, -0.25) is 9.69 Å². The third kappa shape index (κ3) is 7.31. The van der Waals surface area contributed by atoms with E-state index in [9.17, 15) is 9.90 Å². The fraction of sp³-hybridized carbons (Fsp3) is 0.742. The molecule has 1 aromatic heterocycles. The van der Waals surface area contributed by atoms with E-state index in [1.807, 2.05) is 18.2 Å². The van der Waals surface area contributed by atoms with Gasteiger partial charge in [-0.1, -0.05) is 49.4 Å². The summed E-state index contributed by atoms with van der Waals surface area (Å²) in [5.41, 5.74) is 0.757. The van der Waals surface area contributed by atoms with E-state index >= 15 is 0 Å². The van der Waals surface area contributed by atoms with Crippen LogP contribution >= 0.6 is 11.6 Å². The standard InChI is InChI=1S/C31H46ClN3O3/c1-22(29(37)20-25-8-11-27(36)12-9-25)2-3-23-4-6-24(7-5-23)14-15-34-16-18-35(19-17-34)31-28-13-10-26(32)21-30(28)38-33-31/h10,13,21-25,27,36H,2-9,11-12,14-20H2,1H3. The number of anilines is 1. The number of piperazine rings is 1. The van der Waals surface area contributed by atoms with E-state index in [4.69, 9.17) is 16.1 Å². The average Bonchev–Trinajstić information content (AvgIpc) is 3.35. The normalized spacial score (nSPS) is 28.0. The molecule has 2 aromatic rings. The molecular formula is C31H46ClN3O3. The van der Waals surface area contributed by atoms with Crippen LogP contribution in [0.3, 0.4) is 0 Å². The molecule has 2 saturated carbocycles. The van der Waals surface area contributed by atoms with Crippen LogP contribution < -0.4 is 4.90 Å². The molecule has 2 aliphatic carbocycles. The second kappa shape index (κ2) is 13.1. The molecule has 0 bridgehead atoms. The lowest BCUT2D eigenvalue weighted by Gasteiger charge is -2.36. The number of hydrogen-bond acceptors (Lipinski definition) is 6. The minimum Gasteiger partial charge on any atom is -0.393 e. The molecule has 3 aliphatic rings. The van der Waals surface area contributed by atoms with E-state index < -0.39 is 0 Å². The molecule has 1 aromatic carbocycles. The van der Waals surface area contributed by atoms with Crippen LogP contribution in [0.5, 0.6) is 0 Å². The minimum absolute atomic E-state index is 0.133. The van der Waals surface area contributed by atoms with E-state index in [0.717, 1.165) is 93.3 Å². The van der Waals surface area contributed by atoms with Crippen molar-refractivity contribution in [2.45, 2.75) is 90.1 Å². The van der Waals surface area contributed by atoms with Gasteiger partial charge in [-0.05, 0) is 81.4 Å². The van der Waals surface area contributed by atoms with Gasteiger partial charge in [-0.25, -0.2) is 0 Å². The molecule has 1 atom stereocenters. The Morgan fingerprint density at radius 1 is 1.00 bits per heavy atom. The van der Waals surface area contributed by atoms with Crippen molar-refractivity contribution < 1.29 is 14.4 Å². The highest BCUT2D eigenvalue weighted by Crippen LogP contribution is 2.35. The third-order valence-electron chi connectivity index (χ3n) is 9.77. The Morgan fingerprint density at radius 2 is 1.66 bits per heavy atom. The largest absolute Gasteiger partial charge is 0.393 e. The first-order chi connectivity index (χ1) is 18.4. The molecule has 6 nitrogen and oxygen atoms in total. The summed E-state index contributed by atoms with van der Waals surface area (Å²) in [5, 5.41) is 15.7. The smallest absolute Gasteiger partial charge is 0.180 e. The first-order valence-corrected chi connectivity index (χ1v) is 15.6. The van der Waals surface area contributed by atoms with E-state index in [1.165, 1.54) is 45.1 Å². The molecule has 2 heterocycles. The molecule has 7 heteroatoms. The fourth-order valence-corrected chi connectivity index (χ4v) is 7.13. The number of halogens is 1. The third-order valence-corrected chi connectivity index (χ3v) is 10.0. The summed E-state index contributed by atoms with van der Waals surface area (Å²) >= 11 is 6.09. The van der Waals surface area contributed by atoms with Crippen molar-refractivity contribution >= 4 is 34.2 Å². The lowest BCUT2D eigenvalue weighted by Crippen LogP contribution is -2.47. The quantitative estimate of drug-likeness (QED) is 0.358. The van der Waals surface area contributed by atoms with Crippen molar-refractivity contribution in [3.8, 4) is 0 Å². The van der Waals surface area contributed by atoms with Crippen LogP contribution in [-0.2, 0) is 4.79 Å². The Hall–Kier alpha value is -1.63. The summed E-state index contributed by atoms with van der Waals surface area (Å²) in [7, 11) is 0. The van der Waals surface area contributed by atoms with Crippen molar-refractivity contribution in [1.29, 1.82) is 0 Å². The minimum atomic E-state index is -0.133. The highest BCUT2D eigenvalue weighted by molar-refractivity contribution is 6.31. The number of Topliss-reactive ketones (excluding diaryl/α,β-unsaturated/α-hetero) is 1. The van der Waals surface area contributed by atoms with Gasteiger partial charge in [0.15, 0.2) is 11.4 Å². The molecule has 0 amide bonds. The summed E-state index contributed by atoms with van der Waals surface area (Å²) in [4.78, 5) is 17.7. The van der Waals surface area contributed by atoms with E-state index in [1.54, 1.807) is 0 Å². The van der Waals surface area contributed by atoms with Crippen molar-refractivity contribution in [1.82, 2.24) is 10.1 Å². The van der Waals surface area contributed by atoms with Crippen LogP contribution in [0.2, 0.25) is 5.02 Å². The molecule has 1 unspecified atom stereocenters. The highest BCUT2D eigenvalue weighted by atomic mass is 35.5. The van der Waals surface area contributed by atoms with Crippen molar-refractivity contribution in [2.24, 2.45) is 23.7 Å². The highest BCUT2D eigenvalue weighted by Gasteiger charge is 2.27. The SMILES string of the molecule is CC(CCC1CCC(CCN2CCN(c3noc4cc(Cl)ccc34)CC2)CC1)C(=O)CC1CCC(O)CC1. The van der Waals surface area contributed by atoms with Crippen LogP contribution in [0.15, 0.2) is 22.7 Å². The number of hydrogen-bond donors (Lipinski definition) is 1. The second-order valence-corrected chi connectivity index (χ2v) is 12.9. The Morgan fingerprint density at radius 3 is 2.37 bits per heavy atom. The first-order valence-electron chi connectivity index (χ1n) is 15.2. The molecule has 5 rings (SSSR count). The summed E-state index contributed by atoms with van der Waals surface area (Å²) in [6.45, 7) is 7.46. The molecule has 210 valence electrons. The molecule has 0 spiro atoms. The number of rotatable bonds is 10. The Kier molecular flexibility index (Phi) is 9.66. The number of aliphatic hydroxyl groups is 1. The lowest BCUT2D eigenvalue weighted by molar-refractivity contribution is -0.124. The summed E-state index contributed by atoms with van der Waals surface area (Å²) in [5.74, 6) is 3.77. The predicted molar refractivity (Wildman–Crippen MR) is 154 cm³/mol. The molecule has 3 fully saturated rings. The molecule has 1 N–H and O–H groups in total. The van der Waals surface area contributed by atoms with Crippen molar-refractivity contribution in [2.75, 3.05) is 37.6 Å². The van der Waals surface area contributed by atoms with Crippen LogP contribution in [-0.4, -0.2) is 59.8 Å². The molecular weight excluding hydrogens is 498 g/mol. The number of aliphatic hydroxyl groups excluding tert-OH is 1. The van der Waals surface area contributed by atoms with E-state index in [-0.39, 0.29) is 12.0 Å². The van der Waals surface area contributed by atoms with Crippen molar-refractivity contribution in [3.05, 3.63) is 23.2 Å². The summed E-state index contributed by atoms with van der Waals surface area (Å²) in [6.07, 6.45) is 13.4. The zero-order valence-electron chi connectivity index (χ0n) is 23.1. The Bertz CT molecular complexity index is 1030. The predicted octanol–water partition coefficient (Wildman–Crippen LogP) is 6.73. The molecule has 0 radical (unpaired) electrons. The van der Waals surface area contributed by atoms with Crippen molar-refractivity contribution in [3.63, 3.8) is 0 Å². The topological polar surface area (TPSA) is 69.8 Å². The van der Waals surface area contributed by atoms with Gasteiger partial charge in [0.05, 0.1) is 11.5 Å². The van der Waals surface area contributed by atoms with Crippen LogP contribution in [0.1, 0.15) is 84.0 Å². The summed E-state index contributed by atoms with van der Waals surface area (Å²) in [6, 6.07) is 5.75. The van der Waals surface area contributed by atoms with Gasteiger partial charge >= 0.3 is 0 Å². The summed E-state index contributed by atoms with van der Waals surface area (Å²) < 4.78 is 5.51.